The van der Waals surface area contributed by atoms with Crippen molar-refractivity contribution in [1.82, 2.24) is 9.80 Å². The molecule has 0 spiro atoms. The fourth-order valence-electron chi connectivity index (χ4n) is 4.26. The van der Waals surface area contributed by atoms with Gasteiger partial charge >= 0.3 is 0 Å². The van der Waals surface area contributed by atoms with Crippen LogP contribution in [0.5, 0.6) is 0 Å². The lowest BCUT2D eigenvalue weighted by atomic mass is 9.99. The molecule has 4 nitrogen and oxygen atoms in total. The summed E-state index contributed by atoms with van der Waals surface area (Å²) in [6, 6.07) is 5.61. The second-order valence-electron chi connectivity index (χ2n) is 7.18. The summed E-state index contributed by atoms with van der Waals surface area (Å²) in [4.78, 5) is 30.2. The molecule has 1 aromatic carbocycles. The van der Waals surface area contributed by atoms with Crippen LogP contribution >= 0.6 is 23.4 Å². The molecule has 3 aliphatic rings. The molecule has 2 aliphatic heterocycles. The molecule has 6 heteroatoms. The number of halogens is 1. The van der Waals surface area contributed by atoms with Crippen molar-refractivity contribution >= 4 is 35.1 Å². The molecule has 0 aromatic heterocycles. The van der Waals surface area contributed by atoms with Gasteiger partial charge in [-0.2, -0.15) is 11.8 Å². The number of rotatable bonds is 3. The van der Waals surface area contributed by atoms with Crippen molar-refractivity contribution in [3.63, 3.8) is 0 Å². The summed E-state index contributed by atoms with van der Waals surface area (Å²) >= 11 is 7.96. The molecule has 1 aromatic rings. The van der Waals surface area contributed by atoms with Crippen LogP contribution in [0.1, 0.15) is 41.1 Å². The molecule has 2 saturated heterocycles. The average molecular weight is 379 g/mol. The number of thioether (sulfide) groups is 1. The van der Waals surface area contributed by atoms with Crippen LogP contribution < -0.4 is 0 Å². The molecule has 4 rings (SSSR count). The first-order valence-electron chi connectivity index (χ1n) is 9.06. The van der Waals surface area contributed by atoms with Crippen molar-refractivity contribution in [3.05, 3.63) is 34.3 Å². The molecule has 2 heterocycles. The van der Waals surface area contributed by atoms with Crippen LogP contribution in [-0.4, -0.2) is 65.2 Å². The van der Waals surface area contributed by atoms with Gasteiger partial charge in [0.25, 0.3) is 0 Å². The Hall–Kier alpha value is -1.04. The lowest BCUT2D eigenvalue weighted by molar-refractivity contribution is -0.134. The van der Waals surface area contributed by atoms with Gasteiger partial charge in [0.05, 0.1) is 12.0 Å². The van der Waals surface area contributed by atoms with E-state index in [2.05, 4.69) is 9.80 Å². The van der Waals surface area contributed by atoms with Gasteiger partial charge in [0, 0.05) is 41.6 Å². The SMILES string of the molecule is O=C1C[C@H](C(=O)N2CCSC[C@H]2CN2CCCC2)c2ccc(Cl)cc21. The minimum absolute atomic E-state index is 0.0401. The summed E-state index contributed by atoms with van der Waals surface area (Å²) in [7, 11) is 0. The summed E-state index contributed by atoms with van der Waals surface area (Å²) < 4.78 is 0. The van der Waals surface area contributed by atoms with E-state index in [-0.39, 0.29) is 30.1 Å². The maximum Gasteiger partial charge on any atom is 0.230 e. The third-order valence-corrected chi connectivity index (χ3v) is 6.88. The van der Waals surface area contributed by atoms with Gasteiger partial charge in [0.15, 0.2) is 5.78 Å². The van der Waals surface area contributed by atoms with Crippen LogP contribution in [0, 0.1) is 0 Å². The van der Waals surface area contributed by atoms with Gasteiger partial charge < -0.3 is 9.80 Å². The highest BCUT2D eigenvalue weighted by molar-refractivity contribution is 7.99. The highest BCUT2D eigenvalue weighted by atomic mass is 35.5. The lowest BCUT2D eigenvalue weighted by Crippen LogP contribution is -2.52. The Morgan fingerprint density at radius 2 is 2.04 bits per heavy atom. The Kier molecular flexibility index (Phi) is 5.07. The minimum atomic E-state index is -0.330. The number of likely N-dealkylation sites (tertiary alicyclic amines) is 1. The Bertz CT molecular complexity index is 690. The first kappa shape index (κ1) is 17.4. The van der Waals surface area contributed by atoms with Gasteiger partial charge in [-0.15, -0.1) is 0 Å². The van der Waals surface area contributed by atoms with E-state index >= 15 is 0 Å². The maximum absolute atomic E-state index is 13.3. The fourth-order valence-corrected chi connectivity index (χ4v) is 5.48. The number of nitrogens with zero attached hydrogens (tertiary/aromatic N) is 2. The van der Waals surface area contributed by atoms with Gasteiger partial charge in [-0.05, 0) is 43.6 Å². The number of hydrogen-bond acceptors (Lipinski definition) is 4. The normalized spacial score (nSPS) is 26.9. The molecular formula is C19H23ClN2O2S. The predicted molar refractivity (Wildman–Crippen MR) is 102 cm³/mol. The summed E-state index contributed by atoms with van der Waals surface area (Å²) in [5.41, 5.74) is 1.49. The molecule has 1 amide bonds. The molecule has 0 N–H and O–H groups in total. The molecule has 1 aliphatic carbocycles. The van der Waals surface area contributed by atoms with Crippen LogP contribution in [-0.2, 0) is 4.79 Å². The highest BCUT2D eigenvalue weighted by Crippen LogP contribution is 2.37. The van der Waals surface area contributed by atoms with Gasteiger partial charge in [-0.3, -0.25) is 9.59 Å². The van der Waals surface area contributed by atoms with Crippen molar-refractivity contribution < 1.29 is 9.59 Å². The monoisotopic (exact) mass is 378 g/mol. The number of fused-ring (bicyclic) bond motifs is 1. The standard InChI is InChI=1S/C19H23ClN2O2S/c20-13-3-4-15-16(9-13)18(23)10-17(15)19(24)22-7-8-25-12-14(22)11-21-5-1-2-6-21/h3-4,9,14,17H,1-2,5-8,10-12H2/t14-,17+/m1/s1. The minimum Gasteiger partial charge on any atom is -0.336 e. The molecule has 0 unspecified atom stereocenters. The quantitative estimate of drug-likeness (QED) is 0.810. The third kappa shape index (κ3) is 3.46. The van der Waals surface area contributed by atoms with Gasteiger partial charge in [-0.25, -0.2) is 0 Å². The van der Waals surface area contributed by atoms with Crippen LogP contribution in [0.25, 0.3) is 0 Å². The topological polar surface area (TPSA) is 40.6 Å². The third-order valence-electron chi connectivity index (χ3n) is 5.56. The van der Waals surface area contributed by atoms with Crippen molar-refractivity contribution in [2.45, 2.75) is 31.2 Å². The van der Waals surface area contributed by atoms with E-state index in [1.165, 1.54) is 12.8 Å². The molecule has 25 heavy (non-hydrogen) atoms. The summed E-state index contributed by atoms with van der Waals surface area (Å²) in [6.45, 7) is 4.04. The molecule has 0 saturated carbocycles. The first-order valence-corrected chi connectivity index (χ1v) is 10.6. The number of hydrogen-bond donors (Lipinski definition) is 0. The van der Waals surface area contributed by atoms with Crippen molar-refractivity contribution in [2.75, 3.05) is 37.7 Å². The zero-order valence-electron chi connectivity index (χ0n) is 14.2. The van der Waals surface area contributed by atoms with Gasteiger partial charge in [0.2, 0.25) is 5.91 Å². The Morgan fingerprint density at radius 3 is 2.84 bits per heavy atom. The molecule has 2 fully saturated rings. The summed E-state index contributed by atoms with van der Waals surface area (Å²) in [5.74, 6) is 1.81. The van der Waals surface area contributed by atoms with Crippen molar-refractivity contribution in [3.8, 4) is 0 Å². The number of benzene rings is 1. The Labute approximate surface area is 157 Å². The van der Waals surface area contributed by atoms with Gasteiger partial charge in [0.1, 0.15) is 0 Å². The Balaban J connectivity index is 1.54. The zero-order valence-corrected chi connectivity index (χ0v) is 15.8. The number of ketones is 1. The number of Topliss-reactive ketones (excluding diaryl/α,β-unsaturated/α-hetero) is 1. The smallest absolute Gasteiger partial charge is 0.230 e. The largest absolute Gasteiger partial charge is 0.336 e. The average Bonchev–Trinajstić information content (AvgIpc) is 3.23. The van der Waals surface area contributed by atoms with Gasteiger partial charge in [-0.1, -0.05) is 17.7 Å². The first-order chi connectivity index (χ1) is 12.1. The Morgan fingerprint density at radius 1 is 1.24 bits per heavy atom. The maximum atomic E-state index is 13.3. The molecule has 134 valence electrons. The molecule has 0 bridgehead atoms. The highest BCUT2D eigenvalue weighted by Gasteiger charge is 2.39. The van der Waals surface area contributed by atoms with E-state index in [1.54, 1.807) is 12.1 Å². The van der Waals surface area contributed by atoms with Crippen LogP contribution in [0.2, 0.25) is 5.02 Å². The van der Waals surface area contributed by atoms with E-state index in [4.69, 9.17) is 11.6 Å². The van der Waals surface area contributed by atoms with Crippen molar-refractivity contribution in [1.29, 1.82) is 0 Å². The second-order valence-corrected chi connectivity index (χ2v) is 8.77. The van der Waals surface area contributed by atoms with E-state index in [1.807, 2.05) is 17.8 Å². The van der Waals surface area contributed by atoms with E-state index < -0.39 is 0 Å². The predicted octanol–water partition coefficient (Wildman–Crippen LogP) is 3.05. The summed E-state index contributed by atoms with van der Waals surface area (Å²) in [6.07, 6.45) is 2.81. The molecule has 0 radical (unpaired) electrons. The van der Waals surface area contributed by atoms with E-state index in [0.717, 1.165) is 43.2 Å². The van der Waals surface area contributed by atoms with Crippen LogP contribution in [0.3, 0.4) is 0 Å². The zero-order chi connectivity index (χ0) is 17.4. The lowest BCUT2D eigenvalue weighted by Gasteiger charge is -2.39. The number of carbonyl (C=O) groups is 2. The van der Waals surface area contributed by atoms with Crippen molar-refractivity contribution in [2.24, 2.45) is 0 Å². The molecular weight excluding hydrogens is 356 g/mol. The fraction of sp³-hybridized carbons (Fsp3) is 0.579. The number of carbonyl (C=O) groups excluding carboxylic acids is 2. The molecule has 2 atom stereocenters. The van der Waals surface area contributed by atoms with Crippen LogP contribution in [0.15, 0.2) is 18.2 Å². The van der Waals surface area contributed by atoms with Crippen LogP contribution in [0.4, 0.5) is 0 Å². The van der Waals surface area contributed by atoms with E-state index in [0.29, 0.717) is 10.6 Å². The van der Waals surface area contributed by atoms with E-state index in [9.17, 15) is 9.59 Å². The number of amides is 1. The second kappa shape index (κ2) is 7.29. The summed E-state index contributed by atoms with van der Waals surface area (Å²) in [5, 5.41) is 0.557.